The molecular formula is C15H12N4O2. The molecule has 3 aromatic rings. The lowest BCUT2D eigenvalue weighted by atomic mass is 10.1. The highest BCUT2D eigenvalue weighted by atomic mass is 16.5. The van der Waals surface area contributed by atoms with Gasteiger partial charge in [-0.15, -0.1) is 0 Å². The van der Waals surface area contributed by atoms with Crippen molar-refractivity contribution in [3.05, 3.63) is 42.6 Å². The zero-order valence-electron chi connectivity index (χ0n) is 11.1. The van der Waals surface area contributed by atoms with Crippen LogP contribution in [-0.4, -0.2) is 28.3 Å². The molecule has 0 saturated heterocycles. The monoisotopic (exact) mass is 280 g/mol. The Labute approximate surface area is 120 Å². The summed E-state index contributed by atoms with van der Waals surface area (Å²) in [6.45, 7) is 1.41. The molecule has 1 aliphatic heterocycles. The molecule has 0 fully saturated rings. The maximum Gasteiger partial charge on any atom is 0.262 e. The highest BCUT2D eigenvalue weighted by Crippen LogP contribution is 2.37. The topological polar surface area (TPSA) is 73.1 Å². The quantitative estimate of drug-likeness (QED) is 0.778. The summed E-state index contributed by atoms with van der Waals surface area (Å²) in [5.74, 6) is 1.64. The Kier molecular flexibility index (Phi) is 2.77. The maximum absolute atomic E-state index is 5.72. The minimum atomic E-state index is 0.427. The van der Waals surface area contributed by atoms with E-state index < -0.39 is 0 Å². The van der Waals surface area contributed by atoms with Crippen LogP contribution in [0.15, 0.2) is 47.1 Å². The second kappa shape index (κ2) is 4.90. The minimum absolute atomic E-state index is 0.427. The molecule has 0 radical (unpaired) electrons. The van der Waals surface area contributed by atoms with Crippen molar-refractivity contribution in [2.24, 2.45) is 0 Å². The Morgan fingerprint density at radius 1 is 1.10 bits per heavy atom. The molecule has 0 unspecified atom stereocenters. The molecule has 0 aliphatic carbocycles. The Morgan fingerprint density at radius 2 is 2.10 bits per heavy atom. The van der Waals surface area contributed by atoms with Crippen LogP contribution in [0.3, 0.4) is 0 Å². The van der Waals surface area contributed by atoms with Crippen LogP contribution in [0.4, 0.5) is 5.69 Å². The van der Waals surface area contributed by atoms with Gasteiger partial charge in [-0.05, 0) is 24.3 Å². The Morgan fingerprint density at radius 3 is 3.00 bits per heavy atom. The van der Waals surface area contributed by atoms with Gasteiger partial charge in [-0.1, -0.05) is 17.3 Å². The molecule has 6 nitrogen and oxygen atoms in total. The van der Waals surface area contributed by atoms with Crippen LogP contribution in [0, 0.1) is 0 Å². The molecule has 0 atom stereocenters. The number of rotatable bonds is 2. The molecule has 0 bridgehead atoms. The van der Waals surface area contributed by atoms with Gasteiger partial charge in [0.05, 0.1) is 11.3 Å². The predicted molar refractivity (Wildman–Crippen MR) is 76.9 cm³/mol. The average Bonchev–Trinajstić information content (AvgIpc) is 3.05. The van der Waals surface area contributed by atoms with Crippen LogP contribution in [0.1, 0.15) is 0 Å². The van der Waals surface area contributed by atoms with Gasteiger partial charge in [0.15, 0.2) is 5.75 Å². The fourth-order valence-electron chi connectivity index (χ4n) is 2.27. The highest BCUT2D eigenvalue weighted by Gasteiger charge is 2.20. The number of aromatic nitrogens is 3. The number of fused-ring (bicyclic) bond motifs is 1. The van der Waals surface area contributed by atoms with Crippen molar-refractivity contribution >= 4 is 5.69 Å². The van der Waals surface area contributed by atoms with Crippen molar-refractivity contribution in [2.75, 3.05) is 18.5 Å². The third-order valence-electron chi connectivity index (χ3n) is 3.23. The molecule has 0 amide bonds. The van der Waals surface area contributed by atoms with E-state index in [9.17, 15) is 0 Å². The number of anilines is 1. The van der Waals surface area contributed by atoms with Gasteiger partial charge in [-0.3, -0.25) is 4.98 Å². The van der Waals surface area contributed by atoms with Gasteiger partial charge in [0.1, 0.15) is 12.3 Å². The van der Waals surface area contributed by atoms with Crippen molar-refractivity contribution in [3.8, 4) is 28.7 Å². The largest absolute Gasteiger partial charge is 0.489 e. The molecule has 2 aromatic heterocycles. The number of ether oxygens (including phenoxy) is 1. The first-order valence-corrected chi connectivity index (χ1v) is 6.67. The molecular weight excluding hydrogens is 268 g/mol. The van der Waals surface area contributed by atoms with E-state index in [0.29, 0.717) is 24.0 Å². The first kappa shape index (κ1) is 11.9. The number of hydrogen-bond donors (Lipinski definition) is 1. The van der Waals surface area contributed by atoms with Crippen molar-refractivity contribution in [2.45, 2.75) is 0 Å². The number of nitrogens with zero attached hydrogens (tertiary/aromatic N) is 3. The lowest BCUT2D eigenvalue weighted by molar-refractivity contribution is 0.322. The summed E-state index contributed by atoms with van der Waals surface area (Å²) in [5.41, 5.74) is 2.40. The molecule has 6 heteroatoms. The Hall–Kier alpha value is -2.89. The predicted octanol–water partition coefficient (Wildman–Crippen LogP) is 2.60. The first-order valence-electron chi connectivity index (χ1n) is 6.67. The van der Waals surface area contributed by atoms with Crippen LogP contribution in [0.25, 0.3) is 23.0 Å². The summed E-state index contributed by atoms with van der Waals surface area (Å²) < 4.78 is 11.1. The van der Waals surface area contributed by atoms with Crippen molar-refractivity contribution in [1.29, 1.82) is 0 Å². The molecule has 0 spiro atoms. The molecule has 4 rings (SSSR count). The molecule has 1 aromatic carbocycles. The SMILES string of the molecule is c1ccc(-c2noc(-c3cccc4c3OCCN4)n2)nc1. The van der Waals surface area contributed by atoms with Crippen LogP contribution in [0.5, 0.6) is 5.75 Å². The number of nitrogens with one attached hydrogen (secondary N) is 1. The number of benzene rings is 1. The standard InChI is InChI=1S/C15H12N4O2/c1-2-7-16-12(5-1)14-18-15(21-19-14)10-4-3-6-11-13(10)20-9-8-17-11/h1-7,17H,8-9H2. The van der Waals surface area contributed by atoms with E-state index in [2.05, 4.69) is 20.4 Å². The van der Waals surface area contributed by atoms with E-state index in [1.165, 1.54) is 0 Å². The molecule has 1 N–H and O–H groups in total. The van der Waals surface area contributed by atoms with Gasteiger partial charge in [-0.2, -0.15) is 4.98 Å². The smallest absolute Gasteiger partial charge is 0.262 e. The van der Waals surface area contributed by atoms with Gasteiger partial charge >= 0.3 is 0 Å². The Balaban J connectivity index is 1.77. The van der Waals surface area contributed by atoms with E-state index in [1.54, 1.807) is 6.20 Å². The van der Waals surface area contributed by atoms with Crippen molar-refractivity contribution in [1.82, 2.24) is 15.1 Å². The second-order valence-corrected chi connectivity index (χ2v) is 4.60. The third-order valence-corrected chi connectivity index (χ3v) is 3.23. The van der Waals surface area contributed by atoms with E-state index >= 15 is 0 Å². The zero-order chi connectivity index (χ0) is 14.1. The third kappa shape index (κ3) is 2.10. The zero-order valence-corrected chi connectivity index (χ0v) is 11.1. The summed E-state index contributed by atoms with van der Waals surface area (Å²) in [4.78, 5) is 8.63. The number of hydrogen-bond acceptors (Lipinski definition) is 6. The second-order valence-electron chi connectivity index (χ2n) is 4.60. The summed E-state index contributed by atoms with van der Waals surface area (Å²) in [7, 11) is 0. The first-order chi connectivity index (χ1) is 10.4. The number of pyridine rings is 1. The fourth-order valence-corrected chi connectivity index (χ4v) is 2.27. The molecule has 1 aliphatic rings. The van der Waals surface area contributed by atoms with E-state index in [4.69, 9.17) is 9.26 Å². The molecule has 104 valence electrons. The van der Waals surface area contributed by atoms with Crippen LogP contribution in [-0.2, 0) is 0 Å². The van der Waals surface area contributed by atoms with Crippen LogP contribution in [0.2, 0.25) is 0 Å². The summed E-state index contributed by atoms with van der Waals surface area (Å²) in [6.07, 6.45) is 1.70. The van der Waals surface area contributed by atoms with Crippen molar-refractivity contribution in [3.63, 3.8) is 0 Å². The van der Waals surface area contributed by atoms with Gasteiger partial charge < -0.3 is 14.6 Å². The van der Waals surface area contributed by atoms with E-state index in [-0.39, 0.29) is 0 Å². The summed E-state index contributed by atoms with van der Waals surface area (Å²) >= 11 is 0. The fraction of sp³-hybridized carbons (Fsp3) is 0.133. The molecule has 3 heterocycles. The lowest BCUT2D eigenvalue weighted by Crippen LogP contribution is -2.18. The van der Waals surface area contributed by atoms with Gasteiger partial charge in [0.25, 0.3) is 5.89 Å². The van der Waals surface area contributed by atoms with Crippen LogP contribution < -0.4 is 10.1 Å². The highest BCUT2D eigenvalue weighted by molar-refractivity contribution is 5.75. The minimum Gasteiger partial charge on any atom is -0.489 e. The maximum atomic E-state index is 5.72. The van der Waals surface area contributed by atoms with Gasteiger partial charge in [0.2, 0.25) is 5.82 Å². The van der Waals surface area contributed by atoms with E-state index in [1.807, 2.05) is 36.4 Å². The summed E-state index contributed by atoms with van der Waals surface area (Å²) in [5, 5.41) is 7.27. The Bertz CT molecular complexity index is 770. The average molecular weight is 280 g/mol. The van der Waals surface area contributed by atoms with E-state index in [0.717, 1.165) is 23.5 Å². The molecule has 21 heavy (non-hydrogen) atoms. The number of para-hydroxylation sites is 1. The molecule has 0 saturated carbocycles. The van der Waals surface area contributed by atoms with Gasteiger partial charge in [-0.25, -0.2) is 0 Å². The summed E-state index contributed by atoms with van der Waals surface area (Å²) in [6, 6.07) is 11.4. The normalized spacial score (nSPS) is 13.1. The van der Waals surface area contributed by atoms with Gasteiger partial charge in [0, 0.05) is 12.7 Å². The van der Waals surface area contributed by atoms with Crippen LogP contribution >= 0.6 is 0 Å². The lowest BCUT2D eigenvalue weighted by Gasteiger charge is -2.20. The van der Waals surface area contributed by atoms with Crippen molar-refractivity contribution < 1.29 is 9.26 Å².